The van der Waals surface area contributed by atoms with Crippen molar-refractivity contribution < 1.29 is 19.1 Å². The summed E-state index contributed by atoms with van der Waals surface area (Å²) in [6, 6.07) is 14.2. The van der Waals surface area contributed by atoms with Crippen molar-refractivity contribution in [2.75, 3.05) is 7.11 Å². The Hall–Kier alpha value is -2.62. The molecule has 0 unspecified atom stereocenters. The Balaban J connectivity index is 2.07. The number of benzene rings is 2. The normalized spacial score (nSPS) is 10.0. The zero-order chi connectivity index (χ0) is 15.2. The number of methoxy groups -OCH3 is 1. The lowest BCUT2D eigenvalue weighted by atomic mass is 10.1. The molecule has 0 spiro atoms. The van der Waals surface area contributed by atoms with Gasteiger partial charge in [-0.1, -0.05) is 30.3 Å². The minimum Gasteiger partial charge on any atom is -0.465 e. The molecule has 108 valence electrons. The van der Waals surface area contributed by atoms with Crippen molar-refractivity contribution in [3.63, 3.8) is 0 Å². The molecule has 0 aromatic heterocycles. The summed E-state index contributed by atoms with van der Waals surface area (Å²) in [6.45, 7) is 1.98. The van der Waals surface area contributed by atoms with E-state index < -0.39 is 11.9 Å². The highest BCUT2D eigenvalue weighted by molar-refractivity contribution is 5.94. The fourth-order valence-electron chi connectivity index (χ4n) is 1.94. The smallest absolute Gasteiger partial charge is 0.338 e. The molecule has 21 heavy (non-hydrogen) atoms. The first-order chi connectivity index (χ1) is 10.1. The molecule has 0 amide bonds. The molecule has 0 fully saturated rings. The molecule has 0 atom stereocenters. The number of aryl methyl sites for hydroxylation is 1. The third kappa shape index (κ3) is 3.69. The van der Waals surface area contributed by atoms with Crippen molar-refractivity contribution in [2.24, 2.45) is 0 Å². The Kier molecular flexibility index (Phi) is 4.72. The van der Waals surface area contributed by atoms with Gasteiger partial charge in [-0.15, -0.1) is 0 Å². The van der Waals surface area contributed by atoms with Gasteiger partial charge in [-0.2, -0.15) is 0 Å². The van der Waals surface area contributed by atoms with E-state index in [2.05, 4.69) is 4.74 Å². The number of carbonyl (C=O) groups excluding carboxylic acids is 2. The third-order valence-electron chi connectivity index (χ3n) is 3.08. The summed E-state index contributed by atoms with van der Waals surface area (Å²) in [5.41, 5.74) is 2.46. The zero-order valence-electron chi connectivity index (χ0n) is 12.0. The van der Waals surface area contributed by atoms with E-state index in [0.29, 0.717) is 16.7 Å². The van der Waals surface area contributed by atoms with Crippen LogP contribution in [0.15, 0.2) is 48.5 Å². The number of ether oxygens (including phenoxy) is 2. The lowest BCUT2D eigenvalue weighted by Gasteiger charge is -2.08. The van der Waals surface area contributed by atoms with Crippen LogP contribution in [0, 0.1) is 6.92 Å². The standard InChI is InChI=1S/C17H16O4/c1-12-10-14(16(18)20-2)8-9-15(12)17(19)21-11-13-6-4-3-5-7-13/h3-10H,11H2,1-2H3. The maximum Gasteiger partial charge on any atom is 0.338 e. The second-order valence-corrected chi connectivity index (χ2v) is 4.58. The molecular formula is C17H16O4. The molecule has 4 heteroatoms. The Morgan fingerprint density at radius 1 is 1.00 bits per heavy atom. The summed E-state index contributed by atoms with van der Waals surface area (Å²) in [6.07, 6.45) is 0. The Labute approximate surface area is 123 Å². The number of esters is 2. The molecule has 2 aromatic carbocycles. The van der Waals surface area contributed by atoms with Crippen LogP contribution in [0.25, 0.3) is 0 Å². The first-order valence-electron chi connectivity index (χ1n) is 6.52. The summed E-state index contributed by atoms with van der Waals surface area (Å²) in [5, 5.41) is 0. The van der Waals surface area contributed by atoms with Crippen molar-refractivity contribution in [1.82, 2.24) is 0 Å². The fraction of sp³-hybridized carbons (Fsp3) is 0.176. The van der Waals surface area contributed by atoms with E-state index in [4.69, 9.17) is 4.74 Å². The number of hydrogen-bond donors (Lipinski definition) is 0. The number of rotatable bonds is 4. The summed E-state index contributed by atoms with van der Waals surface area (Å²) < 4.78 is 9.91. The Morgan fingerprint density at radius 2 is 1.71 bits per heavy atom. The third-order valence-corrected chi connectivity index (χ3v) is 3.08. The summed E-state index contributed by atoms with van der Waals surface area (Å²) in [5.74, 6) is -0.838. The largest absolute Gasteiger partial charge is 0.465 e. The van der Waals surface area contributed by atoms with Gasteiger partial charge in [-0.05, 0) is 36.2 Å². The second kappa shape index (κ2) is 6.70. The van der Waals surface area contributed by atoms with E-state index in [1.807, 2.05) is 30.3 Å². The summed E-state index contributed by atoms with van der Waals surface area (Å²) in [7, 11) is 1.32. The molecule has 0 aliphatic carbocycles. The van der Waals surface area contributed by atoms with Gasteiger partial charge in [-0.25, -0.2) is 9.59 Å². The van der Waals surface area contributed by atoms with Gasteiger partial charge in [0.15, 0.2) is 0 Å². The van der Waals surface area contributed by atoms with Crippen LogP contribution in [-0.2, 0) is 16.1 Å². The molecule has 0 aliphatic rings. The maximum atomic E-state index is 12.1. The van der Waals surface area contributed by atoms with Gasteiger partial charge in [0, 0.05) is 0 Å². The van der Waals surface area contributed by atoms with Crippen LogP contribution in [0.4, 0.5) is 0 Å². The predicted molar refractivity (Wildman–Crippen MR) is 78.1 cm³/mol. The van der Waals surface area contributed by atoms with Crippen LogP contribution in [0.5, 0.6) is 0 Å². The van der Waals surface area contributed by atoms with Crippen molar-refractivity contribution >= 4 is 11.9 Å². The van der Waals surface area contributed by atoms with Crippen molar-refractivity contribution in [3.05, 3.63) is 70.8 Å². The van der Waals surface area contributed by atoms with Crippen LogP contribution in [-0.4, -0.2) is 19.0 Å². The molecule has 2 rings (SSSR count). The summed E-state index contributed by atoms with van der Waals surface area (Å²) >= 11 is 0. The van der Waals surface area contributed by atoms with Crippen LogP contribution in [0.3, 0.4) is 0 Å². The zero-order valence-corrected chi connectivity index (χ0v) is 12.0. The van der Waals surface area contributed by atoms with E-state index >= 15 is 0 Å². The first kappa shape index (κ1) is 14.8. The molecular weight excluding hydrogens is 268 g/mol. The summed E-state index contributed by atoms with van der Waals surface area (Å²) in [4.78, 5) is 23.5. The lowest BCUT2D eigenvalue weighted by molar-refractivity contribution is 0.0470. The average Bonchev–Trinajstić information content (AvgIpc) is 2.52. The average molecular weight is 284 g/mol. The van der Waals surface area contributed by atoms with Gasteiger partial charge in [0.25, 0.3) is 0 Å². The number of hydrogen-bond acceptors (Lipinski definition) is 4. The molecule has 0 radical (unpaired) electrons. The van der Waals surface area contributed by atoms with E-state index in [1.165, 1.54) is 7.11 Å². The molecule has 0 heterocycles. The predicted octanol–water partition coefficient (Wildman–Crippen LogP) is 3.14. The quantitative estimate of drug-likeness (QED) is 0.809. The van der Waals surface area contributed by atoms with Crippen molar-refractivity contribution in [2.45, 2.75) is 13.5 Å². The maximum absolute atomic E-state index is 12.1. The highest BCUT2D eigenvalue weighted by Crippen LogP contribution is 2.14. The van der Waals surface area contributed by atoms with Crippen molar-refractivity contribution in [3.8, 4) is 0 Å². The van der Waals surface area contributed by atoms with Gasteiger partial charge in [0.1, 0.15) is 6.61 Å². The number of carbonyl (C=O) groups is 2. The molecule has 0 N–H and O–H groups in total. The molecule has 0 aliphatic heterocycles. The van der Waals surface area contributed by atoms with Crippen molar-refractivity contribution in [1.29, 1.82) is 0 Å². The van der Waals surface area contributed by atoms with Crippen LogP contribution >= 0.6 is 0 Å². The molecule has 4 nitrogen and oxygen atoms in total. The minimum absolute atomic E-state index is 0.220. The molecule has 0 bridgehead atoms. The lowest BCUT2D eigenvalue weighted by Crippen LogP contribution is -2.09. The molecule has 0 saturated carbocycles. The second-order valence-electron chi connectivity index (χ2n) is 4.58. The first-order valence-corrected chi connectivity index (χ1v) is 6.52. The monoisotopic (exact) mass is 284 g/mol. The van der Waals surface area contributed by atoms with Gasteiger partial charge < -0.3 is 9.47 Å². The van der Waals surface area contributed by atoms with Crippen LogP contribution in [0.1, 0.15) is 31.8 Å². The molecule has 0 saturated heterocycles. The van der Waals surface area contributed by atoms with E-state index in [0.717, 1.165) is 5.56 Å². The minimum atomic E-state index is -0.428. The molecule has 2 aromatic rings. The van der Waals surface area contributed by atoms with E-state index in [1.54, 1.807) is 25.1 Å². The highest BCUT2D eigenvalue weighted by Gasteiger charge is 2.13. The fourth-order valence-corrected chi connectivity index (χ4v) is 1.94. The van der Waals surface area contributed by atoms with Crippen LogP contribution in [0.2, 0.25) is 0 Å². The van der Waals surface area contributed by atoms with E-state index in [-0.39, 0.29) is 6.61 Å². The highest BCUT2D eigenvalue weighted by atomic mass is 16.5. The topological polar surface area (TPSA) is 52.6 Å². The van der Waals surface area contributed by atoms with Gasteiger partial charge >= 0.3 is 11.9 Å². The SMILES string of the molecule is COC(=O)c1ccc(C(=O)OCc2ccccc2)c(C)c1. The van der Waals surface area contributed by atoms with E-state index in [9.17, 15) is 9.59 Å². The van der Waals surface area contributed by atoms with Gasteiger partial charge in [-0.3, -0.25) is 0 Å². The Morgan fingerprint density at radius 3 is 2.33 bits per heavy atom. The Bertz CT molecular complexity index is 647. The van der Waals surface area contributed by atoms with Crippen LogP contribution < -0.4 is 0 Å². The van der Waals surface area contributed by atoms with Gasteiger partial charge in [0.05, 0.1) is 18.2 Å². The van der Waals surface area contributed by atoms with Gasteiger partial charge in [0.2, 0.25) is 0 Å².